The van der Waals surface area contributed by atoms with Crippen molar-refractivity contribution in [3.8, 4) is 0 Å². The number of fused-ring (bicyclic) bond motifs is 1. The van der Waals surface area contributed by atoms with Crippen molar-refractivity contribution in [3.63, 3.8) is 0 Å². The summed E-state index contributed by atoms with van der Waals surface area (Å²) in [6.45, 7) is -2.23. The van der Waals surface area contributed by atoms with Crippen molar-refractivity contribution in [1.29, 1.82) is 0 Å². The summed E-state index contributed by atoms with van der Waals surface area (Å²) < 4.78 is 17.9. The van der Waals surface area contributed by atoms with Crippen molar-refractivity contribution >= 4 is 40.0 Å². The number of hydroxylamine groups is 1. The third-order valence-corrected chi connectivity index (χ3v) is 6.21. The lowest BCUT2D eigenvalue weighted by atomic mass is 9.97. The standard InChI is InChI=1S/C17H19ClNO4P/c1-12(19-22-14-8-5-9-14)17(20)23-24(18,21)16-11-4-7-13-6-2-3-10-15(13)16/h2-4,6-7,10-12,14,19H,5,8-9H2,1H3/t12-,24?/m0/s1. The Morgan fingerprint density at radius 2 is 1.96 bits per heavy atom. The lowest BCUT2D eigenvalue weighted by Crippen LogP contribution is -2.39. The van der Waals surface area contributed by atoms with Crippen molar-refractivity contribution in [1.82, 2.24) is 5.48 Å². The molecular formula is C17H19ClNO4P. The van der Waals surface area contributed by atoms with Gasteiger partial charge in [0, 0.05) is 0 Å². The first-order valence-electron chi connectivity index (χ1n) is 7.90. The Hall–Kier alpha value is -1.39. The van der Waals surface area contributed by atoms with E-state index in [1.54, 1.807) is 25.1 Å². The SMILES string of the molecule is C[C@H](NOC1CCC1)C(=O)OP(=O)(Cl)c1cccc2ccccc12. The number of halogens is 1. The lowest BCUT2D eigenvalue weighted by Gasteiger charge is -2.26. The monoisotopic (exact) mass is 367 g/mol. The normalized spacial score (nSPS) is 18.6. The predicted molar refractivity (Wildman–Crippen MR) is 94.5 cm³/mol. The van der Waals surface area contributed by atoms with Crippen LogP contribution in [-0.4, -0.2) is 18.1 Å². The zero-order valence-electron chi connectivity index (χ0n) is 13.3. The van der Waals surface area contributed by atoms with Crippen LogP contribution in [0.2, 0.25) is 0 Å². The number of rotatable bonds is 6. The molecule has 0 spiro atoms. The molecule has 1 unspecified atom stereocenters. The van der Waals surface area contributed by atoms with Gasteiger partial charge in [0.2, 0.25) is 0 Å². The summed E-state index contributed by atoms with van der Waals surface area (Å²) in [5, 5.41) is 1.91. The molecule has 0 saturated heterocycles. The van der Waals surface area contributed by atoms with Crippen molar-refractivity contribution in [2.24, 2.45) is 0 Å². The highest BCUT2D eigenvalue weighted by molar-refractivity contribution is 7.92. The molecule has 2 aromatic carbocycles. The Balaban J connectivity index is 1.72. The summed E-state index contributed by atoms with van der Waals surface area (Å²) in [7, 11) is 0. The summed E-state index contributed by atoms with van der Waals surface area (Å²) in [6, 6.07) is 11.9. The second-order valence-corrected chi connectivity index (χ2v) is 8.86. The number of hydrogen-bond donors (Lipinski definition) is 1. The third kappa shape index (κ3) is 3.81. The molecule has 0 heterocycles. The van der Waals surface area contributed by atoms with Gasteiger partial charge in [0.1, 0.15) is 6.04 Å². The van der Waals surface area contributed by atoms with Gasteiger partial charge in [0.15, 0.2) is 0 Å². The Morgan fingerprint density at radius 3 is 2.67 bits per heavy atom. The number of hydrogen-bond acceptors (Lipinski definition) is 5. The van der Waals surface area contributed by atoms with Crippen LogP contribution < -0.4 is 10.8 Å². The smallest absolute Gasteiger partial charge is 0.369 e. The maximum Gasteiger partial charge on any atom is 0.369 e. The Bertz CT molecular complexity index is 788. The van der Waals surface area contributed by atoms with Crippen LogP contribution in [0.3, 0.4) is 0 Å². The van der Waals surface area contributed by atoms with E-state index in [0.29, 0.717) is 10.7 Å². The maximum absolute atomic E-state index is 12.8. The molecule has 1 fully saturated rings. The number of carbonyl (C=O) groups is 1. The van der Waals surface area contributed by atoms with Crippen molar-refractivity contribution in [2.45, 2.75) is 38.3 Å². The molecule has 24 heavy (non-hydrogen) atoms. The van der Waals surface area contributed by atoms with E-state index in [1.165, 1.54) is 0 Å². The minimum atomic E-state index is -3.81. The van der Waals surface area contributed by atoms with Crippen LogP contribution >= 0.6 is 18.0 Å². The maximum atomic E-state index is 12.8. The van der Waals surface area contributed by atoms with E-state index in [2.05, 4.69) is 5.48 Å². The van der Waals surface area contributed by atoms with Crippen LogP contribution in [0.25, 0.3) is 10.8 Å². The largest absolute Gasteiger partial charge is 0.396 e. The quantitative estimate of drug-likeness (QED) is 0.619. The van der Waals surface area contributed by atoms with Crippen LogP contribution in [0.1, 0.15) is 26.2 Å². The van der Waals surface area contributed by atoms with Gasteiger partial charge < -0.3 is 4.52 Å². The molecule has 0 aromatic heterocycles. The number of benzene rings is 2. The molecule has 1 N–H and O–H groups in total. The van der Waals surface area contributed by atoms with E-state index in [1.807, 2.05) is 24.3 Å². The fraction of sp³-hybridized carbons (Fsp3) is 0.353. The van der Waals surface area contributed by atoms with E-state index in [4.69, 9.17) is 20.6 Å². The predicted octanol–water partition coefficient (Wildman–Crippen LogP) is 3.90. The minimum absolute atomic E-state index is 0.126. The van der Waals surface area contributed by atoms with Crippen molar-refractivity contribution in [3.05, 3.63) is 42.5 Å². The summed E-state index contributed by atoms with van der Waals surface area (Å²) >= 11 is 6.12. The van der Waals surface area contributed by atoms with Crippen LogP contribution in [0, 0.1) is 0 Å². The number of nitrogens with one attached hydrogen (secondary N) is 1. The van der Waals surface area contributed by atoms with Crippen molar-refractivity contribution in [2.75, 3.05) is 0 Å². The summed E-state index contributed by atoms with van der Waals surface area (Å²) in [4.78, 5) is 17.5. The van der Waals surface area contributed by atoms with Gasteiger partial charge in [-0.1, -0.05) is 36.4 Å². The Kier molecular flexibility index (Phi) is 5.26. The molecule has 2 atom stereocenters. The fourth-order valence-electron chi connectivity index (χ4n) is 2.42. The first-order valence-corrected chi connectivity index (χ1v) is 10.4. The summed E-state index contributed by atoms with van der Waals surface area (Å²) in [5.74, 6) is -0.708. The van der Waals surface area contributed by atoms with E-state index in [0.717, 1.165) is 24.6 Å². The lowest BCUT2D eigenvalue weighted by molar-refractivity contribution is -0.144. The van der Waals surface area contributed by atoms with Gasteiger partial charge in [0.05, 0.1) is 11.4 Å². The van der Waals surface area contributed by atoms with E-state index in [9.17, 15) is 9.36 Å². The first kappa shape index (κ1) is 17.4. The number of carbonyl (C=O) groups excluding carboxylic acids is 1. The molecule has 5 nitrogen and oxygen atoms in total. The zero-order valence-corrected chi connectivity index (χ0v) is 14.9. The summed E-state index contributed by atoms with van der Waals surface area (Å²) in [6.07, 6.45) is 3.20. The Labute approximate surface area is 145 Å². The van der Waals surface area contributed by atoms with Gasteiger partial charge in [-0.2, -0.15) is 5.48 Å². The fourth-order valence-corrected chi connectivity index (χ4v) is 4.31. The van der Waals surface area contributed by atoms with Gasteiger partial charge in [-0.05, 0) is 54.3 Å². The van der Waals surface area contributed by atoms with Crippen LogP contribution in [-0.2, 0) is 18.7 Å². The highest BCUT2D eigenvalue weighted by atomic mass is 35.7. The molecule has 3 rings (SSSR count). The minimum Gasteiger partial charge on any atom is -0.396 e. The van der Waals surface area contributed by atoms with Crippen LogP contribution in [0.15, 0.2) is 42.5 Å². The average Bonchev–Trinajstić information content (AvgIpc) is 2.52. The van der Waals surface area contributed by atoms with Crippen LogP contribution in [0.4, 0.5) is 0 Å². The molecule has 0 amide bonds. The molecule has 1 aliphatic carbocycles. The molecule has 2 aromatic rings. The third-order valence-electron chi connectivity index (χ3n) is 4.08. The molecule has 128 valence electrons. The van der Waals surface area contributed by atoms with Gasteiger partial charge in [-0.15, -0.1) is 0 Å². The molecule has 0 aliphatic heterocycles. The van der Waals surface area contributed by atoms with Gasteiger partial charge in [-0.3, -0.25) is 9.40 Å². The average molecular weight is 368 g/mol. The summed E-state index contributed by atoms with van der Waals surface area (Å²) in [5.41, 5.74) is 2.64. The molecule has 1 saturated carbocycles. The highest BCUT2D eigenvalue weighted by Gasteiger charge is 2.31. The highest BCUT2D eigenvalue weighted by Crippen LogP contribution is 2.52. The second kappa shape index (κ2) is 7.24. The zero-order chi connectivity index (χ0) is 17.2. The second-order valence-electron chi connectivity index (χ2n) is 5.90. The van der Waals surface area contributed by atoms with Gasteiger partial charge in [-0.25, -0.2) is 4.79 Å². The van der Waals surface area contributed by atoms with Crippen LogP contribution in [0.5, 0.6) is 0 Å². The van der Waals surface area contributed by atoms with Crippen molar-refractivity contribution < 1.29 is 18.7 Å². The molecule has 0 radical (unpaired) electrons. The van der Waals surface area contributed by atoms with E-state index in [-0.39, 0.29) is 6.10 Å². The first-order chi connectivity index (χ1) is 11.5. The van der Waals surface area contributed by atoms with E-state index >= 15 is 0 Å². The molecule has 7 heteroatoms. The topological polar surface area (TPSA) is 64.6 Å². The molecule has 1 aliphatic rings. The van der Waals surface area contributed by atoms with E-state index < -0.39 is 18.7 Å². The van der Waals surface area contributed by atoms with Gasteiger partial charge in [0.25, 0.3) is 0 Å². The van der Waals surface area contributed by atoms with Gasteiger partial charge >= 0.3 is 12.7 Å². The molecular weight excluding hydrogens is 349 g/mol. The molecule has 0 bridgehead atoms. The Morgan fingerprint density at radius 1 is 1.25 bits per heavy atom.